The molecule has 2 aromatic carbocycles. The Morgan fingerprint density at radius 3 is 2.52 bits per heavy atom. The first kappa shape index (κ1) is 15.3. The number of fused-ring (bicyclic) bond motifs is 1. The van der Waals surface area contributed by atoms with Crippen molar-refractivity contribution in [3.05, 3.63) is 77.4 Å². The molecule has 0 aliphatic heterocycles. The standard InChI is InChI=1S/C18H12ClN5O/c19-14-8-6-13(7-9-14)16(25)21-17-22-18-20-11-10-15(24(18)23-17)12-4-2-1-3-5-12/h1-11H,(H,21,23,25). The molecule has 4 aromatic rings. The van der Waals surface area contributed by atoms with Gasteiger partial charge in [-0.2, -0.15) is 9.50 Å². The number of nitrogens with one attached hydrogen (secondary N) is 1. The third-order valence-corrected chi connectivity index (χ3v) is 3.89. The average Bonchev–Trinajstić information content (AvgIpc) is 3.05. The van der Waals surface area contributed by atoms with Gasteiger partial charge in [0.1, 0.15) is 0 Å². The van der Waals surface area contributed by atoms with Crippen molar-refractivity contribution in [1.29, 1.82) is 0 Å². The Bertz CT molecular complexity index is 1040. The quantitative estimate of drug-likeness (QED) is 0.612. The topological polar surface area (TPSA) is 72.2 Å². The lowest BCUT2D eigenvalue weighted by molar-refractivity contribution is 0.102. The number of amides is 1. The van der Waals surface area contributed by atoms with Crippen LogP contribution in [0.25, 0.3) is 17.0 Å². The van der Waals surface area contributed by atoms with Crippen molar-refractivity contribution in [2.75, 3.05) is 5.32 Å². The minimum atomic E-state index is -0.311. The zero-order chi connectivity index (χ0) is 17.2. The van der Waals surface area contributed by atoms with Crippen molar-refractivity contribution in [3.8, 4) is 11.3 Å². The normalized spacial score (nSPS) is 10.8. The van der Waals surface area contributed by atoms with Gasteiger partial charge < -0.3 is 0 Å². The molecule has 6 nitrogen and oxygen atoms in total. The van der Waals surface area contributed by atoms with Crippen LogP contribution in [0.5, 0.6) is 0 Å². The number of anilines is 1. The van der Waals surface area contributed by atoms with E-state index in [1.54, 1.807) is 35.0 Å². The van der Waals surface area contributed by atoms with Crippen LogP contribution in [-0.2, 0) is 0 Å². The van der Waals surface area contributed by atoms with Crippen LogP contribution in [0.3, 0.4) is 0 Å². The van der Waals surface area contributed by atoms with E-state index in [0.717, 1.165) is 11.3 Å². The number of hydrogen-bond donors (Lipinski definition) is 1. The number of nitrogens with zero attached hydrogens (tertiary/aromatic N) is 4. The maximum absolute atomic E-state index is 12.3. The lowest BCUT2D eigenvalue weighted by atomic mass is 10.1. The van der Waals surface area contributed by atoms with Crippen molar-refractivity contribution in [2.24, 2.45) is 0 Å². The molecule has 0 aliphatic rings. The van der Waals surface area contributed by atoms with Gasteiger partial charge >= 0.3 is 0 Å². The molecule has 0 bridgehead atoms. The molecule has 122 valence electrons. The van der Waals surface area contributed by atoms with Gasteiger partial charge in [-0.1, -0.05) is 41.9 Å². The predicted octanol–water partition coefficient (Wildman–Crippen LogP) is 3.70. The smallest absolute Gasteiger partial charge is 0.258 e. The lowest BCUT2D eigenvalue weighted by Crippen LogP contribution is -2.12. The maximum atomic E-state index is 12.3. The Balaban J connectivity index is 1.68. The molecule has 1 amide bonds. The fraction of sp³-hybridized carbons (Fsp3) is 0. The lowest BCUT2D eigenvalue weighted by Gasteiger charge is -2.02. The third-order valence-electron chi connectivity index (χ3n) is 3.64. The summed E-state index contributed by atoms with van der Waals surface area (Å²) in [5.41, 5.74) is 2.29. The molecule has 0 saturated heterocycles. The molecule has 1 N–H and O–H groups in total. The molecular formula is C18H12ClN5O. The number of carbonyl (C=O) groups excluding carboxylic acids is 1. The van der Waals surface area contributed by atoms with Crippen LogP contribution in [-0.4, -0.2) is 25.5 Å². The predicted molar refractivity (Wildman–Crippen MR) is 95.6 cm³/mol. The summed E-state index contributed by atoms with van der Waals surface area (Å²) in [6.45, 7) is 0. The van der Waals surface area contributed by atoms with E-state index in [9.17, 15) is 4.79 Å². The zero-order valence-electron chi connectivity index (χ0n) is 12.9. The second-order valence-corrected chi connectivity index (χ2v) is 5.74. The highest BCUT2D eigenvalue weighted by molar-refractivity contribution is 6.30. The van der Waals surface area contributed by atoms with Crippen LogP contribution in [0.4, 0.5) is 5.95 Å². The average molecular weight is 350 g/mol. The van der Waals surface area contributed by atoms with Crippen molar-refractivity contribution in [1.82, 2.24) is 19.6 Å². The third kappa shape index (κ3) is 3.07. The fourth-order valence-corrected chi connectivity index (χ4v) is 2.58. The Hall–Kier alpha value is -3.25. The highest BCUT2D eigenvalue weighted by Crippen LogP contribution is 2.19. The summed E-state index contributed by atoms with van der Waals surface area (Å²) in [5.74, 6) is 0.289. The molecule has 0 atom stereocenters. The highest BCUT2D eigenvalue weighted by Gasteiger charge is 2.13. The number of rotatable bonds is 3. The largest absolute Gasteiger partial charge is 0.289 e. The minimum absolute atomic E-state index is 0.191. The van der Waals surface area contributed by atoms with E-state index in [1.165, 1.54) is 0 Å². The molecule has 0 unspecified atom stereocenters. The Morgan fingerprint density at radius 2 is 1.76 bits per heavy atom. The number of carbonyl (C=O) groups is 1. The Morgan fingerprint density at radius 1 is 1.00 bits per heavy atom. The molecule has 2 heterocycles. The van der Waals surface area contributed by atoms with Crippen LogP contribution in [0, 0.1) is 0 Å². The number of benzene rings is 2. The summed E-state index contributed by atoms with van der Waals surface area (Å²) < 4.78 is 1.60. The molecule has 0 aliphatic carbocycles. The van der Waals surface area contributed by atoms with Gasteiger partial charge in [0.05, 0.1) is 5.69 Å². The number of hydrogen-bond acceptors (Lipinski definition) is 4. The molecule has 0 spiro atoms. The van der Waals surface area contributed by atoms with E-state index < -0.39 is 0 Å². The monoisotopic (exact) mass is 349 g/mol. The second kappa shape index (κ2) is 6.33. The van der Waals surface area contributed by atoms with Crippen LogP contribution in [0.1, 0.15) is 10.4 Å². The molecule has 25 heavy (non-hydrogen) atoms. The van der Waals surface area contributed by atoms with Gasteiger partial charge in [-0.15, -0.1) is 5.10 Å². The van der Waals surface area contributed by atoms with E-state index in [4.69, 9.17) is 11.6 Å². The SMILES string of the molecule is O=C(Nc1nc2nccc(-c3ccccc3)n2n1)c1ccc(Cl)cc1. The molecule has 2 aromatic heterocycles. The van der Waals surface area contributed by atoms with Gasteiger partial charge in [0.2, 0.25) is 0 Å². The number of aromatic nitrogens is 4. The van der Waals surface area contributed by atoms with E-state index in [1.807, 2.05) is 36.4 Å². The fourth-order valence-electron chi connectivity index (χ4n) is 2.45. The molecule has 4 rings (SSSR count). The van der Waals surface area contributed by atoms with Gasteiger partial charge in [0.15, 0.2) is 0 Å². The summed E-state index contributed by atoms with van der Waals surface area (Å²) in [6, 6.07) is 18.2. The first-order chi connectivity index (χ1) is 12.2. The highest BCUT2D eigenvalue weighted by atomic mass is 35.5. The van der Waals surface area contributed by atoms with Crippen LogP contribution < -0.4 is 5.32 Å². The van der Waals surface area contributed by atoms with Crippen LogP contribution in [0.15, 0.2) is 66.9 Å². The molecule has 7 heteroatoms. The van der Waals surface area contributed by atoms with Crippen LogP contribution in [0.2, 0.25) is 5.02 Å². The number of halogens is 1. The van der Waals surface area contributed by atoms with Gasteiger partial charge in [0.25, 0.3) is 17.6 Å². The van der Waals surface area contributed by atoms with Crippen molar-refractivity contribution in [2.45, 2.75) is 0 Å². The molecule has 0 fully saturated rings. The van der Waals surface area contributed by atoms with Gasteiger partial charge in [-0.3, -0.25) is 10.1 Å². The van der Waals surface area contributed by atoms with E-state index >= 15 is 0 Å². The summed E-state index contributed by atoms with van der Waals surface area (Å²) >= 11 is 5.84. The van der Waals surface area contributed by atoms with Gasteiger partial charge in [0, 0.05) is 22.3 Å². The summed E-state index contributed by atoms with van der Waals surface area (Å²) in [5, 5.41) is 7.61. The second-order valence-electron chi connectivity index (χ2n) is 5.30. The molecule has 0 saturated carbocycles. The molecular weight excluding hydrogens is 338 g/mol. The van der Waals surface area contributed by atoms with Gasteiger partial charge in [-0.25, -0.2) is 4.98 Å². The molecule has 0 radical (unpaired) electrons. The minimum Gasteiger partial charge on any atom is -0.289 e. The first-order valence-electron chi connectivity index (χ1n) is 7.55. The first-order valence-corrected chi connectivity index (χ1v) is 7.92. The maximum Gasteiger partial charge on any atom is 0.258 e. The van der Waals surface area contributed by atoms with Crippen molar-refractivity contribution < 1.29 is 4.79 Å². The van der Waals surface area contributed by atoms with Crippen molar-refractivity contribution in [3.63, 3.8) is 0 Å². The van der Waals surface area contributed by atoms with E-state index in [2.05, 4.69) is 20.4 Å². The zero-order valence-corrected chi connectivity index (χ0v) is 13.7. The van der Waals surface area contributed by atoms with E-state index in [-0.39, 0.29) is 11.9 Å². The van der Waals surface area contributed by atoms with Crippen LogP contribution >= 0.6 is 11.6 Å². The van der Waals surface area contributed by atoms with Crippen molar-refractivity contribution >= 4 is 29.2 Å². The van der Waals surface area contributed by atoms with Gasteiger partial charge in [-0.05, 0) is 30.3 Å². The Kier molecular flexibility index (Phi) is 3.87. The summed E-state index contributed by atoms with van der Waals surface area (Å²) in [6.07, 6.45) is 1.66. The summed E-state index contributed by atoms with van der Waals surface area (Å²) in [4.78, 5) is 20.8. The van der Waals surface area contributed by atoms with E-state index in [0.29, 0.717) is 16.4 Å². The summed E-state index contributed by atoms with van der Waals surface area (Å²) in [7, 11) is 0. The Labute approximate surface area is 148 Å².